The van der Waals surface area contributed by atoms with Crippen molar-refractivity contribution in [2.45, 2.75) is 45.8 Å². The summed E-state index contributed by atoms with van der Waals surface area (Å²) in [6.07, 6.45) is 5.07. The molecule has 0 aliphatic rings. The molecule has 0 bridgehead atoms. The van der Waals surface area contributed by atoms with Gasteiger partial charge in [-0.25, -0.2) is 0 Å². The van der Waals surface area contributed by atoms with E-state index in [1.165, 1.54) is 31.2 Å². The summed E-state index contributed by atoms with van der Waals surface area (Å²) in [5, 5.41) is 4.21. The highest BCUT2D eigenvalue weighted by Gasteiger charge is 2.12. The average Bonchev–Trinajstić information content (AvgIpc) is 2.64. The quantitative estimate of drug-likeness (QED) is 0.412. The molecule has 3 nitrogen and oxygen atoms in total. The molecular formula is C21H27BrClNO2. The highest BCUT2D eigenvalue weighted by atomic mass is 79.9. The van der Waals surface area contributed by atoms with Gasteiger partial charge < -0.3 is 14.8 Å². The van der Waals surface area contributed by atoms with Crippen LogP contribution < -0.4 is 14.8 Å². The predicted octanol–water partition coefficient (Wildman–Crippen LogP) is 6.36. The summed E-state index contributed by atoms with van der Waals surface area (Å²) >= 11 is 9.54. The van der Waals surface area contributed by atoms with E-state index in [0.29, 0.717) is 12.4 Å². The van der Waals surface area contributed by atoms with Crippen LogP contribution in [-0.2, 0) is 13.2 Å². The molecule has 0 amide bonds. The Hall–Kier alpha value is -1.23. The molecule has 0 spiro atoms. The largest absolute Gasteiger partial charge is 0.493 e. The second-order valence-corrected chi connectivity index (χ2v) is 7.55. The van der Waals surface area contributed by atoms with Crippen LogP contribution >= 0.6 is 27.5 Å². The number of hydrogen-bond donors (Lipinski definition) is 1. The van der Waals surface area contributed by atoms with Crippen LogP contribution in [0, 0.1) is 0 Å². The van der Waals surface area contributed by atoms with Crippen molar-refractivity contribution >= 4 is 27.5 Å². The summed E-state index contributed by atoms with van der Waals surface area (Å²) in [7, 11) is 1.67. The van der Waals surface area contributed by atoms with Gasteiger partial charge in [0.05, 0.1) is 11.6 Å². The molecule has 142 valence electrons. The van der Waals surface area contributed by atoms with Gasteiger partial charge in [-0.1, -0.05) is 49.9 Å². The third kappa shape index (κ3) is 6.82. The molecule has 0 fully saturated rings. The summed E-state index contributed by atoms with van der Waals surface area (Å²) in [4.78, 5) is 0. The van der Waals surface area contributed by atoms with Gasteiger partial charge in [0, 0.05) is 11.6 Å². The molecule has 0 heterocycles. The van der Waals surface area contributed by atoms with Crippen LogP contribution in [0.3, 0.4) is 0 Å². The van der Waals surface area contributed by atoms with E-state index >= 15 is 0 Å². The predicted molar refractivity (Wildman–Crippen MR) is 112 cm³/mol. The van der Waals surface area contributed by atoms with E-state index in [4.69, 9.17) is 21.1 Å². The Morgan fingerprint density at radius 1 is 1.04 bits per heavy atom. The Kier molecular flexibility index (Phi) is 9.30. The van der Waals surface area contributed by atoms with E-state index < -0.39 is 0 Å². The van der Waals surface area contributed by atoms with Crippen LogP contribution in [0.5, 0.6) is 11.5 Å². The molecule has 0 aliphatic carbocycles. The van der Waals surface area contributed by atoms with Gasteiger partial charge in [-0.3, -0.25) is 0 Å². The standard InChI is InChI=1S/C21H27BrClNO2/c1-3-4-5-6-11-24-14-17-12-19(22)21(20(13-17)25-2)26-15-16-7-9-18(23)10-8-16/h7-10,12-13,24H,3-6,11,14-15H2,1-2H3. The normalized spacial score (nSPS) is 10.8. The molecule has 0 aromatic heterocycles. The van der Waals surface area contributed by atoms with Crippen molar-refractivity contribution in [2.75, 3.05) is 13.7 Å². The topological polar surface area (TPSA) is 30.5 Å². The van der Waals surface area contributed by atoms with Gasteiger partial charge in [-0.2, -0.15) is 0 Å². The van der Waals surface area contributed by atoms with E-state index in [-0.39, 0.29) is 0 Å². The summed E-state index contributed by atoms with van der Waals surface area (Å²) in [6, 6.07) is 11.8. The Labute approximate surface area is 170 Å². The molecule has 0 saturated heterocycles. The van der Waals surface area contributed by atoms with Crippen LogP contribution in [0.4, 0.5) is 0 Å². The molecule has 0 radical (unpaired) electrons. The minimum atomic E-state index is 0.459. The molecule has 2 aromatic carbocycles. The van der Waals surface area contributed by atoms with Crippen molar-refractivity contribution < 1.29 is 9.47 Å². The molecule has 2 aromatic rings. The fourth-order valence-electron chi connectivity index (χ4n) is 2.66. The Morgan fingerprint density at radius 3 is 2.50 bits per heavy atom. The van der Waals surface area contributed by atoms with E-state index in [2.05, 4.69) is 34.2 Å². The number of benzene rings is 2. The first-order valence-electron chi connectivity index (χ1n) is 9.08. The number of hydrogen-bond acceptors (Lipinski definition) is 3. The van der Waals surface area contributed by atoms with Crippen LogP contribution in [-0.4, -0.2) is 13.7 Å². The van der Waals surface area contributed by atoms with Crippen molar-refractivity contribution in [2.24, 2.45) is 0 Å². The van der Waals surface area contributed by atoms with E-state index in [1.807, 2.05) is 30.3 Å². The van der Waals surface area contributed by atoms with E-state index in [1.54, 1.807) is 7.11 Å². The summed E-state index contributed by atoms with van der Waals surface area (Å²) in [6.45, 7) is 4.54. The van der Waals surface area contributed by atoms with Crippen molar-refractivity contribution in [3.63, 3.8) is 0 Å². The lowest BCUT2D eigenvalue weighted by Crippen LogP contribution is -2.14. The van der Waals surface area contributed by atoms with Crippen LogP contribution in [0.2, 0.25) is 5.02 Å². The zero-order valence-corrected chi connectivity index (χ0v) is 17.8. The number of halogens is 2. The Morgan fingerprint density at radius 2 is 1.81 bits per heavy atom. The maximum absolute atomic E-state index is 5.97. The van der Waals surface area contributed by atoms with Gasteiger partial charge in [0.15, 0.2) is 11.5 Å². The fourth-order valence-corrected chi connectivity index (χ4v) is 3.39. The first-order chi connectivity index (χ1) is 12.6. The summed E-state index contributed by atoms with van der Waals surface area (Å²) < 4.78 is 12.4. The summed E-state index contributed by atoms with van der Waals surface area (Å²) in [5.41, 5.74) is 2.23. The maximum atomic E-state index is 5.97. The van der Waals surface area contributed by atoms with Gasteiger partial charge in [-0.15, -0.1) is 0 Å². The van der Waals surface area contributed by atoms with Crippen molar-refractivity contribution in [1.82, 2.24) is 5.32 Å². The number of rotatable bonds is 11. The van der Waals surface area contributed by atoms with Gasteiger partial charge in [0.25, 0.3) is 0 Å². The lowest BCUT2D eigenvalue weighted by atomic mass is 10.2. The van der Waals surface area contributed by atoms with E-state index in [9.17, 15) is 0 Å². The second-order valence-electron chi connectivity index (χ2n) is 6.26. The lowest BCUT2D eigenvalue weighted by molar-refractivity contribution is 0.282. The number of unbranched alkanes of at least 4 members (excludes halogenated alkanes) is 3. The van der Waals surface area contributed by atoms with Gasteiger partial charge in [0.1, 0.15) is 6.61 Å². The molecule has 2 rings (SSSR count). The molecule has 1 N–H and O–H groups in total. The van der Waals surface area contributed by atoms with E-state index in [0.717, 1.165) is 33.9 Å². The zero-order chi connectivity index (χ0) is 18.8. The molecule has 0 unspecified atom stereocenters. The summed E-state index contributed by atoms with van der Waals surface area (Å²) in [5.74, 6) is 1.45. The van der Waals surface area contributed by atoms with Gasteiger partial charge >= 0.3 is 0 Å². The number of methoxy groups -OCH3 is 1. The highest BCUT2D eigenvalue weighted by molar-refractivity contribution is 9.10. The molecule has 0 aliphatic heterocycles. The molecule has 26 heavy (non-hydrogen) atoms. The van der Waals surface area contributed by atoms with Gasteiger partial charge in [0.2, 0.25) is 0 Å². The second kappa shape index (κ2) is 11.5. The monoisotopic (exact) mass is 439 g/mol. The Bertz CT molecular complexity index is 676. The lowest BCUT2D eigenvalue weighted by Gasteiger charge is -2.15. The van der Waals surface area contributed by atoms with Gasteiger partial charge in [-0.05, 0) is 64.3 Å². The van der Waals surface area contributed by atoms with Crippen molar-refractivity contribution in [3.8, 4) is 11.5 Å². The van der Waals surface area contributed by atoms with Crippen LogP contribution in [0.15, 0.2) is 40.9 Å². The third-order valence-corrected chi connectivity index (χ3v) is 4.96. The number of nitrogens with one attached hydrogen (secondary N) is 1. The average molecular weight is 441 g/mol. The Balaban J connectivity index is 1.94. The first-order valence-corrected chi connectivity index (χ1v) is 10.3. The number of ether oxygens (including phenoxy) is 2. The van der Waals surface area contributed by atoms with Crippen LogP contribution in [0.25, 0.3) is 0 Å². The molecule has 0 atom stereocenters. The third-order valence-electron chi connectivity index (χ3n) is 4.12. The smallest absolute Gasteiger partial charge is 0.175 e. The van der Waals surface area contributed by atoms with Crippen molar-refractivity contribution in [1.29, 1.82) is 0 Å². The molecule has 5 heteroatoms. The maximum Gasteiger partial charge on any atom is 0.175 e. The zero-order valence-electron chi connectivity index (χ0n) is 15.5. The highest BCUT2D eigenvalue weighted by Crippen LogP contribution is 2.37. The molecular weight excluding hydrogens is 414 g/mol. The SMILES string of the molecule is CCCCCCNCc1cc(Br)c(OCc2ccc(Cl)cc2)c(OC)c1. The minimum Gasteiger partial charge on any atom is -0.493 e. The van der Waals surface area contributed by atoms with Crippen LogP contribution in [0.1, 0.15) is 43.7 Å². The molecule has 0 saturated carbocycles. The fraction of sp³-hybridized carbons (Fsp3) is 0.429. The first kappa shape index (κ1) is 21.1. The van der Waals surface area contributed by atoms with Crippen molar-refractivity contribution in [3.05, 3.63) is 57.0 Å². The minimum absolute atomic E-state index is 0.459.